The molecular weight excluding hydrogens is 292 g/mol. The van der Waals surface area contributed by atoms with Crippen LogP contribution in [-0.4, -0.2) is 26.9 Å². The summed E-state index contributed by atoms with van der Waals surface area (Å²) in [6, 6.07) is 10.8. The number of aromatic nitrogens is 3. The van der Waals surface area contributed by atoms with Crippen LogP contribution in [0.1, 0.15) is 28.7 Å². The van der Waals surface area contributed by atoms with E-state index in [9.17, 15) is 4.79 Å². The van der Waals surface area contributed by atoms with Gasteiger partial charge in [-0.15, -0.1) is 0 Å². The highest BCUT2D eigenvalue weighted by Crippen LogP contribution is 2.20. The van der Waals surface area contributed by atoms with Gasteiger partial charge in [-0.1, -0.05) is 12.1 Å². The fourth-order valence-electron chi connectivity index (χ4n) is 2.36. The summed E-state index contributed by atoms with van der Waals surface area (Å²) in [5.41, 5.74) is 2.15. The first-order valence-electron chi connectivity index (χ1n) is 7.17. The number of hydrogen-bond acceptors (Lipinski definition) is 5. The molecule has 0 spiro atoms. The van der Waals surface area contributed by atoms with E-state index in [1.807, 2.05) is 13.0 Å². The van der Waals surface area contributed by atoms with Gasteiger partial charge in [0.15, 0.2) is 11.5 Å². The minimum absolute atomic E-state index is 0.303. The molecule has 0 atom stereocenters. The van der Waals surface area contributed by atoms with Crippen molar-refractivity contribution in [2.75, 3.05) is 6.61 Å². The average Bonchev–Trinajstić information content (AvgIpc) is 2.99. The lowest BCUT2D eigenvalue weighted by Crippen LogP contribution is -2.07. The highest BCUT2D eigenvalue weighted by Gasteiger charge is 2.16. The number of ether oxygens (including phenoxy) is 1. The molecule has 0 unspecified atom stereocenters. The van der Waals surface area contributed by atoms with Gasteiger partial charge in [-0.05, 0) is 32.0 Å². The Labute approximate surface area is 133 Å². The van der Waals surface area contributed by atoms with E-state index in [2.05, 4.69) is 16.0 Å². The first-order valence-corrected chi connectivity index (χ1v) is 7.17. The third-order valence-corrected chi connectivity index (χ3v) is 3.43. The highest BCUT2D eigenvalue weighted by atomic mass is 16.5. The van der Waals surface area contributed by atoms with Crippen molar-refractivity contribution in [3.05, 3.63) is 53.5 Å². The largest absolute Gasteiger partial charge is 0.462 e. The zero-order valence-corrected chi connectivity index (χ0v) is 12.8. The molecule has 0 aliphatic rings. The van der Waals surface area contributed by atoms with Gasteiger partial charge >= 0.3 is 5.97 Å². The van der Waals surface area contributed by atoms with E-state index in [0.717, 1.165) is 5.56 Å². The zero-order valence-electron chi connectivity index (χ0n) is 12.8. The maximum atomic E-state index is 12.0. The van der Waals surface area contributed by atoms with Crippen LogP contribution in [0.2, 0.25) is 0 Å². The van der Waals surface area contributed by atoms with E-state index in [4.69, 9.17) is 10.00 Å². The first-order chi connectivity index (χ1) is 11.1. The van der Waals surface area contributed by atoms with Gasteiger partial charge in [0.2, 0.25) is 0 Å². The summed E-state index contributed by atoms with van der Waals surface area (Å²) in [6.45, 7) is 3.90. The molecule has 114 valence electrons. The number of esters is 1. The Kier molecular flexibility index (Phi) is 3.77. The number of carbonyl (C=O) groups excluding carboxylic acids is 1. The molecule has 0 bridgehead atoms. The van der Waals surface area contributed by atoms with Crippen LogP contribution in [0.15, 0.2) is 36.5 Å². The van der Waals surface area contributed by atoms with Gasteiger partial charge in [-0.3, -0.25) is 4.40 Å². The number of nitriles is 1. The predicted molar refractivity (Wildman–Crippen MR) is 83.8 cm³/mol. The van der Waals surface area contributed by atoms with E-state index in [1.54, 1.807) is 41.8 Å². The van der Waals surface area contributed by atoms with Crippen LogP contribution in [0, 0.1) is 18.3 Å². The smallest absolute Gasteiger partial charge is 0.341 e. The van der Waals surface area contributed by atoms with Crippen LogP contribution in [0.5, 0.6) is 0 Å². The third kappa shape index (κ3) is 2.64. The van der Waals surface area contributed by atoms with Crippen molar-refractivity contribution in [3.8, 4) is 17.5 Å². The molecular formula is C17H14N4O2. The molecule has 6 heteroatoms. The van der Waals surface area contributed by atoms with Crippen molar-refractivity contribution >= 4 is 11.6 Å². The maximum Gasteiger partial charge on any atom is 0.341 e. The van der Waals surface area contributed by atoms with Crippen molar-refractivity contribution in [1.29, 1.82) is 5.26 Å². The van der Waals surface area contributed by atoms with Crippen molar-refractivity contribution in [1.82, 2.24) is 14.4 Å². The number of hydrogen-bond donors (Lipinski definition) is 0. The monoisotopic (exact) mass is 306 g/mol. The summed E-state index contributed by atoms with van der Waals surface area (Å²) in [7, 11) is 0. The van der Waals surface area contributed by atoms with E-state index in [-0.39, 0.29) is 0 Å². The number of fused-ring (bicyclic) bond motifs is 1. The van der Waals surface area contributed by atoms with Crippen molar-refractivity contribution in [2.45, 2.75) is 13.8 Å². The lowest BCUT2D eigenvalue weighted by atomic mass is 10.1. The molecule has 0 saturated heterocycles. The molecule has 0 N–H and O–H groups in total. The van der Waals surface area contributed by atoms with Crippen molar-refractivity contribution in [2.24, 2.45) is 0 Å². The van der Waals surface area contributed by atoms with Crippen LogP contribution >= 0.6 is 0 Å². The number of rotatable bonds is 3. The topological polar surface area (TPSA) is 80.3 Å². The summed E-state index contributed by atoms with van der Waals surface area (Å²) < 4.78 is 6.80. The predicted octanol–water partition coefficient (Wildman–Crippen LogP) is 2.75. The number of carbonyl (C=O) groups is 1. The van der Waals surface area contributed by atoms with Gasteiger partial charge in [0.25, 0.3) is 0 Å². The number of nitrogens with zero attached hydrogens (tertiary/aromatic N) is 4. The molecule has 1 aromatic carbocycles. The van der Waals surface area contributed by atoms with Crippen molar-refractivity contribution in [3.63, 3.8) is 0 Å². The van der Waals surface area contributed by atoms with Crippen LogP contribution in [0.4, 0.5) is 0 Å². The van der Waals surface area contributed by atoms with E-state index < -0.39 is 5.97 Å². The average molecular weight is 306 g/mol. The van der Waals surface area contributed by atoms with Gasteiger partial charge in [-0.25, -0.2) is 14.8 Å². The van der Waals surface area contributed by atoms with Crippen LogP contribution in [0.3, 0.4) is 0 Å². The number of aryl methyl sites for hydroxylation is 1. The van der Waals surface area contributed by atoms with Crippen LogP contribution < -0.4 is 0 Å². The molecule has 0 aliphatic heterocycles. The summed E-state index contributed by atoms with van der Waals surface area (Å²) in [6.07, 6.45) is 1.74. The summed E-state index contributed by atoms with van der Waals surface area (Å²) in [4.78, 5) is 21.0. The lowest BCUT2D eigenvalue weighted by molar-refractivity contribution is 0.0528. The normalized spacial score (nSPS) is 10.5. The Morgan fingerprint density at radius 3 is 2.91 bits per heavy atom. The number of benzene rings is 1. The lowest BCUT2D eigenvalue weighted by Gasteiger charge is -2.06. The summed E-state index contributed by atoms with van der Waals surface area (Å²) in [5.74, 6) is 0.754. The molecule has 23 heavy (non-hydrogen) atoms. The molecule has 0 radical (unpaired) electrons. The second-order valence-corrected chi connectivity index (χ2v) is 4.93. The quantitative estimate of drug-likeness (QED) is 0.695. The molecule has 0 saturated carbocycles. The molecule has 2 heterocycles. The Morgan fingerprint density at radius 2 is 2.17 bits per heavy atom. The van der Waals surface area contributed by atoms with E-state index in [1.165, 1.54) is 0 Å². The van der Waals surface area contributed by atoms with E-state index in [0.29, 0.717) is 35.0 Å². The van der Waals surface area contributed by atoms with Gasteiger partial charge in [0.05, 0.1) is 18.2 Å². The molecule has 2 aromatic heterocycles. The summed E-state index contributed by atoms with van der Waals surface area (Å²) >= 11 is 0. The molecule has 0 aliphatic carbocycles. The molecule has 0 amide bonds. The van der Waals surface area contributed by atoms with Crippen LogP contribution in [0.25, 0.3) is 17.0 Å². The van der Waals surface area contributed by atoms with Gasteiger partial charge < -0.3 is 4.74 Å². The Bertz CT molecular complexity index is 937. The molecule has 3 rings (SSSR count). The third-order valence-electron chi connectivity index (χ3n) is 3.43. The van der Waals surface area contributed by atoms with Crippen LogP contribution in [-0.2, 0) is 4.74 Å². The van der Waals surface area contributed by atoms with Gasteiger partial charge in [0.1, 0.15) is 11.4 Å². The fraction of sp³-hybridized carbons (Fsp3) is 0.176. The minimum atomic E-state index is -0.412. The zero-order chi connectivity index (χ0) is 16.4. The molecule has 6 nitrogen and oxygen atoms in total. The molecule has 0 fully saturated rings. The minimum Gasteiger partial charge on any atom is -0.462 e. The Morgan fingerprint density at radius 1 is 1.35 bits per heavy atom. The summed E-state index contributed by atoms with van der Waals surface area (Å²) in [5, 5.41) is 9.02. The highest BCUT2D eigenvalue weighted by molar-refractivity contribution is 5.96. The SMILES string of the molecule is CCOC(=O)c1ccn2c(C)nc(-c3cccc(C#N)c3)nc12. The van der Waals surface area contributed by atoms with Gasteiger partial charge in [-0.2, -0.15) is 5.26 Å². The van der Waals surface area contributed by atoms with Gasteiger partial charge in [0, 0.05) is 11.8 Å². The Hall–Kier alpha value is -3.20. The Balaban J connectivity index is 2.17. The maximum absolute atomic E-state index is 12.0. The molecule has 3 aromatic rings. The fourth-order valence-corrected chi connectivity index (χ4v) is 2.36. The van der Waals surface area contributed by atoms with Crippen molar-refractivity contribution < 1.29 is 9.53 Å². The standard InChI is InChI=1S/C17H14N4O2/c1-3-23-17(22)14-7-8-21-11(2)19-15(20-16(14)21)13-6-4-5-12(9-13)10-18/h4-9H,3H2,1-2H3. The second kappa shape index (κ2) is 5.89. The first kappa shape index (κ1) is 14.7. The second-order valence-electron chi connectivity index (χ2n) is 4.93. The van der Waals surface area contributed by atoms with E-state index >= 15 is 0 Å².